The Labute approximate surface area is 164 Å². The fourth-order valence-corrected chi connectivity index (χ4v) is 3.96. The summed E-state index contributed by atoms with van der Waals surface area (Å²) in [6.07, 6.45) is 0.910. The van der Waals surface area contributed by atoms with Crippen molar-refractivity contribution in [3.8, 4) is 5.69 Å². The van der Waals surface area contributed by atoms with Gasteiger partial charge >= 0.3 is 0 Å². The van der Waals surface area contributed by atoms with Gasteiger partial charge in [-0.1, -0.05) is 36.9 Å². The summed E-state index contributed by atoms with van der Waals surface area (Å²) in [7, 11) is 0. The van der Waals surface area contributed by atoms with Crippen LogP contribution in [-0.4, -0.2) is 58.8 Å². The van der Waals surface area contributed by atoms with Crippen molar-refractivity contribution in [3.63, 3.8) is 0 Å². The number of aromatic nitrogens is 3. The number of benzene rings is 1. The number of para-hydroxylation sites is 1. The van der Waals surface area contributed by atoms with Gasteiger partial charge in [-0.3, -0.25) is 9.36 Å². The largest absolute Gasteiger partial charge is 0.378 e. The molecule has 1 aliphatic rings. The van der Waals surface area contributed by atoms with Crippen molar-refractivity contribution in [3.05, 3.63) is 29.8 Å². The van der Waals surface area contributed by atoms with Crippen molar-refractivity contribution in [2.24, 2.45) is 0 Å². The molecule has 1 aromatic carbocycles. The Bertz CT molecular complexity index is 773. The standard InChI is InChI=1S/C19H27N5O2S/c1-4-15-8-6-7-9-16(15)24-18(23-10-12-26-13-11-23)21-22-19(24)27-14(3)17(25)20-5-2/h6-9,14H,4-5,10-13H2,1-3H3,(H,20,25)/t14-/m0/s1. The molecule has 3 rings (SSSR count). The molecular weight excluding hydrogens is 362 g/mol. The zero-order valence-electron chi connectivity index (χ0n) is 16.1. The third-order valence-corrected chi connectivity index (χ3v) is 5.57. The van der Waals surface area contributed by atoms with Crippen LogP contribution in [0.3, 0.4) is 0 Å². The molecule has 1 fully saturated rings. The predicted octanol–water partition coefficient (Wildman–Crippen LogP) is 2.28. The van der Waals surface area contributed by atoms with Crippen molar-refractivity contribution < 1.29 is 9.53 Å². The number of aryl methyl sites for hydroxylation is 1. The van der Waals surface area contributed by atoms with E-state index in [1.165, 1.54) is 17.3 Å². The molecule has 146 valence electrons. The van der Waals surface area contributed by atoms with E-state index in [1.54, 1.807) is 0 Å². The lowest BCUT2D eigenvalue weighted by atomic mass is 10.1. The molecule has 0 unspecified atom stereocenters. The monoisotopic (exact) mass is 389 g/mol. The van der Waals surface area contributed by atoms with Gasteiger partial charge in [0.1, 0.15) is 0 Å². The Balaban J connectivity index is 2.00. The molecule has 1 amide bonds. The van der Waals surface area contributed by atoms with Crippen LogP contribution < -0.4 is 10.2 Å². The Hall–Kier alpha value is -2.06. The van der Waals surface area contributed by atoms with Crippen LogP contribution in [0.2, 0.25) is 0 Å². The molecule has 1 aliphatic heterocycles. The van der Waals surface area contributed by atoms with Crippen LogP contribution in [0.4, 0.5) is 5.95 Å². The summed E-state index contributed by atoms with van der Waals surface area (Å²) in [5.41, 5.74) is 2.29. The molecule has 7 nitrogen and oxygen atoms in total. The van der Waals surface area contributed by atoms with E-state index < -0.39 is 0 Å². The molecule has 27 heavy (non-hydrogen) atoms. The molecule has 0 saturated carbocycles. The third kappa shape index (κ3) is 4.44. The zero-order chi connectivity index (χ0) is 19.2. The summed E-state index contributed by atoms with van der Waals surface area (Å²) in [6, 6.07) is 8.29. The number of morpholine rings is 1. The smallest absolute Gasteiger partial charge is 0.233 e. The van der Waals surface area contributed by atoms with Crippen molar-refractivity contribution in [1.29, 1.82) is 0 Å². The first kappa shape index (κ1) is 19.7. The van der Waals surface area contributed by atoms with Gasteiger partial charge < -0.3 is 15.0 Å². The maximum absolute atomic E-state index is 12.2. The topological polar surface area (TPSA) is 72.3 Å². The highest BCUT2D eigenvalue weighted by atomic mass is 32.2. The summed E-state index contributed by atoms with van der Waals surface area (Å²) in [4.78, 5) is 14.4. The number of ether oxygens (including phenoxy) is 1. The van der Waals surface area contributed by atoms with Gasteiger partial charge in [-0.2, -0.15) is 0 Å². The second kappa shape index (κ2) is 9.23. The van der Waals surface area contributed by atoms with Gasteiger partial charge in [0.15, 0.2) is 5.16 Å². The van der Waals surface area contributed by atoms with E-state index >= 15 is 0 Å². The van der Waals surface area contributed by atoms with Crippen LogP contribution in [0, 0.1) is 0 Å². The van der Waals surface area contributed by atoms with Crippen molar-refractivity contribution >= 4 is 23.6 Å². The van der Waals surface area contributed by atoms with Crippen molar-refractivity contribution in [1.82, 2.24) is 20.1 Å². The fourth-order valence-electron chi connectivity index (χ4n) is 3.08. The van der Waals surface area contributed by atoms with Gasteiger partial charge in [-0.05, 0) is 31.9 Å². The Kier molecular flexibility index (Phi) is 6.73. The van der Waals surface area contributed by atoms with Crippen LogP contribution in [0.25, 0.3) is 5.69 Å². The minimum absolute atomic E-state index is 0.00810. The summed E-state index contributed by atoms with van der Waals surface area (Å²) in [5.74, 6) is 0.818. The first-order valence-electron chi connectivity index (χ1n) is 9.46. The second-order valence-corrected chi connectivity index (χ2v) is 7.66. The zero-order valence-corrected chi connectivity index (χ0v) is 17.0. The molecule has 2 aromatic rings. The van der Waals surface area contributed by atoms with E-state index in [9.17, 15) is 4.79 Å². The van der Waals surface area contributed by atoms with Gasteiger partial charge in [0, 0.05) is 19.6 Å². The van der Waals surface area contributed by atoms with E-state index in [0.717, 1.165) is 36.3 Å². The number of carbonyl (C=O) groups excluding carboxylic acids is 1. The third-order valence-electron chi connectivity index (χ3n) is 4.53. The number of nitrogens with one attached hydrogen (secondary N) is 1. The second-order valence-electron chi connectivity index (χ2n) is 6.35. The summed E-state index contributed by atoms with van der Waals surface area (Å²) >= 11 is 1.44. The number of hydrogen-bond donors (Lipinski definition) is 1. The highest BCUT2D eigenvalue weighted by molar-refractivity contribution is 8.00. The van der Waals surface area contributed by atoms with Crippen LogP contribution in [0.15, 0.2) is 29.4 Å². The molecule has 1 aromatic heterocycles. The minimum Gasteiger partial charge on any atom is -0.378 e. The van der Waals surface area contributed by atoms with E-state index in [0.29, 0.717) is 19.8 Å². The maximum Gasteiger partial charge on any atom is 0.233 e. The first-order chi connectivity index (χ1) is 13.2. The number of carbonyl (C=O) groups is 1. The summed E-state index contributed by atoms with van der Waals surface area (Å²) in [5, 5.41) is 12.3. The van der Waals surface area contributed by atoms with Gasteiger partial charge in [0.05, 0.1) is 24.2 Å². The van der Waals surface area contributed by atoms with Gasteiger partial charge in [-0.25, -0.2) is 0 Å². The molecule has 8 heteroatoms. The van der Waals surface area contributed by atoms with E-state index in [2.05, 4.69) is 44.0 Å². The lowest BCUT2D eigenvalue weighted by Crippen LogP contribution is -2.38. The molecule has 1 atom stereocenters. The van der Waals surface area contributed by atoms with Gasteiger partial charge in [0.2, 0.25) is 11.9 Å². The number of thioether (sulfide) groups is 1. The molecular formula is C19H27N5O2S. The Morgan fingerprint density at radius 3 is 2.70 bits per heavy atom. The van der Waals surface area contributed by atoms with Crippen LogP contribution in [0.1, 0.15) is 26.3 Å². The minimum atomic E-state index is -0.251. The van der Waals surface area contributed by atoms with E-state index in [4.69, 9.17) is 4.74 Å². The Morgan fingerprint density at radius 1 is 1.26 bits per heavy atom. The lowest BCUT2D eigenvalue weighted by Gasteiger charge is -2.28. The van der Waals surface area contributed by atoms with Crippen LogP contribution >= 0.6 is 11.8 Å². The number of anilines is 1. The van der Waals surface area contributed by atoms with Gasteiger partial charge in [0.25, 0.3) is 0 Å². The fraction of sp³-hybridized carbons (Fsp3) is 0.526. The predicted molar refractivity (Wildman–Crippen MR) is 108 cm³/mol. The molecule has 2 heterocycles. The Morgan fingerprint density at radius 2 is 2.00 bits per heavy atom. The lowest BCUT2D eigenvalue weighted by molar-refractivity contribution is -0.120. The normalized spacial score (nSPS) is 15.6. The van der Waals surface area contributed by atoms with Crippen LogP contribution in [-0.2, 0) is 16.0 Å². The highest BCUT2D eigenvalue weighted by Gasteiger charge is 2.25. The molecule has 1 N–H and O–H groups in total. The average Bonchev–Trinajstić information content (AvgIpc) is 3.12. The first-order valence-corrected chi connectivity index (χ1v) is 10.3. The molecule has 0 bridgehead atoms. The number of nitrogens with zero attached hydrogens (tertiary/aromatic N) is 4. The SMILES string of the molecule is CCNC(=O)[C@H](C)Sc1nnc(N2CCOCC2)n1-c1ccccc1CC. The van der Waals surface area contributed by atoms with Crippen LogP contribution in [0.5, 0.6) is 0 Å². The number of amides is 1. The molecule has 0 aliphatic carbocycles. The van der Waals surface area contributed by atoms with Gasteiger partial charge in [-0.15, -0.1) is 10.2 Å². The maximum atomic E-state index is 12.2. The number of rotatable bonds is 7. The van der Waals surface area contributed by atoms with E-state index in [-0.39, 0.29) is 11.2 Å². The molecule has 0 spiro atoms. The molecule has 1 saturated heterocycles. The average molecular weight is 390 g/mol. The van der Waals surface area contributed by atoms with Crippen molar-refractivity contribution in [2.75, 3.05) is 37.7 Å². The highest BCUT2D eigenvalue weighted by Crippen LogP contribution is 2.31. The summed E-state index contributed by atoms with van der Waals surface area (Å²) < 4.78 is 7.57. The molecule has 0 radical (unpaired) electrons. The summed E-state index contributed by atoms with van der Waals surface area (Å²) in [6.45, 7) is 9.50. The van der Waals surface area contributed by atoms with E-state index in [1.807, 2.05) is 26.0 Å². The van der Waals surface area contributed by atoms with Crippen molar-refractivity contribution in [2.45, 2.75) is 37.6 Å². The number of hydrogen-bond acceptors (Lipinski definition) is 6. The quantitative estimate of drug-likeness (QED) is 0.733.